The Morgan fingerprint density at radius 3 is 2.00 bits per heavy atom. The quantitative estimate of drug-likeness (QED) is 0.836. The predicted octanol–water partition coefficient (Wildman–Crippen LogP) is 3.92. The monoisotopic (exact) mass is 353 g/mol. The molecule has 0 aromatic heterocycles. The van der Waals surface area contributed by atoms with E-state index in [1.165, 1.54) is 16.7 Å². The zero-order valence-corrected chi connectivity index (χ0v) is 15.5. The van der Waals surface area contributed by atoms with Crippen LogP contribution in [0, 0.1) is 0 Å². The zero-order valence-electron chi connectivity index (χ0n) is 15.5. The van der Waals surface area contributed by atoms with Crippen LogP contribution in [0.25, 0.3) is 0 Å². The molecule has 2 aliphatic rings. The maximum absolute atomic E-state index is 5.51. The molecule has 4 rings (SSSR count). The topological polar surface area (TPSA) is 49.3 Å². The molecular weight excluding hydrogens is 330 g/mol. The summed E-state index contributed by atoms with van der Waals surface area (Å²) in [4.78, 5) is 4.88. The molecule has 0 fully saturated rings. The van der Waals surface area contributed by atoms with Gasteiger partial charge in [0.1, 0.15) is 0 Å². The Morgan fingerprint density at radius 2 is 1.35 bits per heavy atom. The first-order chi connectivity index (χ1) is 12.7. The van der Waals surface area contributed by atoms with Gasteiger partial charge in [-0.3, -0.25) is 4.99 Å². The van der Waals surface area contributed by atoms with E-state index in [4.69, 9.17) is 23.9 Å². The fourth-order valence-corrected chi connectivity index (χ4v) is 4.13. The van der Waals surface area contributed by atoms with Gasteiger partial charge in [-0.1, -0.05) is 0 Å². The molecule has 1 heterocycles. The highest BCUT2D eigenvalue weighted by atomic mass is 16.5. The van der Waals surface area contributed by atoms with Gasteiger partial charge in [0.25, 0.3) is 0 Å². The molecule has 5 nitrogen and oxygen atoms in total. The highest BCUT2D eigenvalue weighted by molar-refractivity contribution is 5.85. The maximum atomic E-state index is 5.51. The molecule has 0 amide bonds. The van der Waals surface area contributed by atoms with Crippen molar-refractivity contribution in [3.05, 3.63) is 46.5 Å². The second-order valence-corrected chi connectivity index (χ2v) is 6.61. The molecule has 2 aromatic carbocycles. The van der Waals surface area contributed by atoms with Crippen LogP contribution < -0.4 is 18.9 Å². The minimum absolute atomic E-state index is 0.0872. The fraction of sp³-hybridized carbons (Fsp3) is 0.381. The first kappa shape index (κ1) is 16.8. The molecule has 5 heteroatoms. The Hall–Kier alpha value is -2.69. The van der Waals surface area contributed by atoms with E-state index in [1.54, 1.807) is 28.4 Å². The third kappa shape index (κ3) is 2.50. The van der Waals surface area contributed by atoms with E-state index in [0.717, 1.165) is 41.4 Å². The molecule has 0 radical (unpaired) electrons. The molecule has 1 aliphatic heterocycles. The van der Waals surface area contributed by atoms with Crippen LogP contribution in [0.5, 0.6) is 23.0 Å². The van der Waals surface area contributed by atoms with Crippen molar-refractivity contribution in [2.45, 2.75) is 24.8 Å². The summed E-state index contributed by atoms with van der Waals surface area (Å²) in [5.41, 5.74) is 4.87. The van der Waals surface area contributed by atoms with Crippen molar-refractivity contribution in [1.82, 2.24) is 0 Å². The van der Waals surface area contributed by atoms with Crippen LogP contribution in [-0.2, 0) is 6.42 Å². The van der Waals surface area contributed by atoms with Crippen molar-refractivity contribution < 1.29 is 18.9 Å². The predicted molar refractivity (Wildman–Crippen MR) is 100 cm³/mol. The van der Waals surface area contributed by atoms with Gasteiger partial charge in [0.05, 0.1) is 34.5 Å². The van der Waals surface area contributed by atoms with E-state index in [1.807, 2.05) is 12.3 Å². The number of fused-ring (bicyclic) bond motifs is 5. The Kier molecular flexibility index (Phi) is 4.23. The van der Waals surface area contributed by atoms with Crippen molar-refractivity contribution >= 4 is 6.21 Å². The lowest BCUT2D eigenvalue weighted by molar-refractivity contribution is 0.350. The average Bonchev–Trinajstić information content (AvgIpc) is 2.70. The minimum atomic E-state index is 0.0872. The van der Waals surface area contributed by atoms with Crippen molar-refractivity contribution in [3.63, 3.8) is 0 Å². The summed E-state index contributed by atoms with van der Waals surface area (Å²) in [6.45, 7) is 0. The molecule has 26 heavy (non-hydrogen) atoms. The maximum Gasteiger partial charge on any atom is 0.161 e. The summed E-state index contributed by atoms with van der Waals surface area (Å²) in [7, 11) is 6.67. The minimum Gasteiger partial charge on any atom is -0.493 e. The lowest BCUT2D eigenvalue weighted by atomic mass is 9.74. The molecule has 2 aromatic rings. The van der Waals surface area contributed by atoms with Gasteiger partial charge in [0, 0.05) is 12.1 Å². The Morgan fingerprint density at radius 1 is 0.769 bits per heavy atom. The highest BCUT2D eigenvalue weighted by Gasteiger charge is 2.35. The number of hydrogen-bond donors (Lipinski definition) is 0. The number of hydrogen-bond acceptors (Lipinski definition) is 5. The number of rotatable bonds is 4. The van der Waals surface area contributed by atoms with Crippen molar-refractivity contribution in [3.8, 4) is 23.0 Å². The number of methoxy groups -OCH3 is 4. The summed E-state index contributed by atoms with van der Waals surface area (Å²) >= 11 is 0. The van der Waals surface area contributed by atoms with Gasteiger partial charge in [0.2, 0.25) is 0 Å². The number of nitrogens with zero attached hydrogens (tertiary/aromatic N) is 1. The largest absolute Gasteiger partial charge is 0.493 e. The standard InChI is InChI=1S/C21H23NO4/c1-23-17-7-12-5-6-14-15-9-19(25-3)18(24-2)8-13(15)11-22-21(14)16(12)10-20(17)26-4/h7-11,14,21H,5-6H2,1-4H3/t14-,21+/m1/s1. The third-order valence-electron chi connectivity index (χ3n) is 5.43. The van der Waals surface area contributed by atoms with Gasteiger partial charge in [-0.15, -0.1) is 0 Å². The molecule has 0 saturated heterocycles. The van der Waals surface area contributed by atoms with Crippen LogP contribution in [0.1, 0.15) is 40.6 Å². The first-order valence-electron chi connectivity index (χ1n) is 8.74. The lowest BCUT2D eigenvalue weighted by Crippen LogP contribution is -2.22. The second kappa shape index (κ2) is 6.56. The van der Waals surface area contributed by atoms with Crippen molar-refractivity contribution in [2.75, 3.05) is 28.4 Å². The molecule has 0 N–H and O–H groups in total. The highest BCUT2D eigenvalue weighted by Crippen LogP contribution is 2.50. The molecule has 0 spiro atoms. The summed E-state index contributed by atoms with van der Waals surface area (Å²) in [6.07, 6.45) is 3.97. The van der Waals surface area contributed by atoms with Crippen LogP contribution in [0.3, 0.4) is 0 Å². The van der Waals surface area contributed by atoms with E-state index in [-0.39, 0.29) is 6.04 Å². The number of benzene rings is 2. The molecule has 1 aliphatic carbocycles. The summed E-state index contributed by atoms with van der Waals surface area (Å²) in [5, 5.41) is 0. The van der Waals surface area contributed by atoms with Gasteiger partial charge >= 0.3 is 0 Å². The van der Waals surface area contributed by atoms with Crippen molar-refractivity contribution in [2.24, 2.45) is 4.99 Å². The zero-order chi connectivity index (χ0) is 18.3. The van der Waals surface area contributed by atoms with Gasteiger partial charge < -0.3 is 18.9 Å². The second-order valence-electron chi connectivity index (χ2n) is 6.61. The smallest absolute Gasteiger partial charge is 0.161 e. The Balaban J connectivity index is 1.81. The summed E-state index contributed by atoms with van der Waals surface area (Å²) < 4.78 is 21.9. The van der Waals surface area contributed by atoms with E-state index in [0.29, 0.717) is 5.92 Å². The Bertz CT molecular complexity index is 875. The SMILES string of the molecule is COc1cc2c(cc1OC)[C@H]1CCc3cc(OC)c(OC)cc3[C@H]1N=C2. The van der Waals surface area contributed by atoms with Gasteiger partial charge in [0.15, 0.2) is 23.0 Å². The third-order valence-corrected chi connectivity index (χ3v) is 5.43. The van der Waals surface area contributed by atoms with Crippen LogP contribution in [0.15, 0.2) is 29.3 Å². The Labute approximate surface area is 153 Å². The fourth-order valence-electron chi connectivity index (χ4n) is 4.13. The van der Waals surface area contributed by atoms with E-state index >= 15 is 0 Å². The molecule has 136 valence electrons. The normalized spacial score (nSPS) is 19.8. The first-order valence-corrected chi connectivity index (χ1v) is 8.74. The number of aryl methyl sites for hydroxylation is 1. The van der Waals surface area contributed by atoms with Crippen LogP contribution in [0.4, 0.5) is 0 Å². The van der Waals surface area contributed by atoms with Crippen LogP contribution >= 0.6 is 0 Å². The molecule has 0 saturated carbocycles. The summed E-state index contributed by atoms with van der Waals surface area (Å²) in [6, 6.07) is 8.36. The molecular formula is C21H23NO4. The number of aliphatic imine (C=N–C) groups is 1. The van der Waals surface area contributed by atoms with Crippen LogP contribution in [-0.4, -0.2) is 34.7 Å². The molecule has 2 atom stereocenters. The molecule has 0 bridgehead atoms. The van der Waals surface area contributed by atoms with Crippen LogP contribution in [0.2, 0.25) is 0 Å². The lowest BCUT2D eigenvalue weighted by Gasteiger charge is -2.35. The van der Waals surface area contributed by atoms with E-state index < -0.39 is 0 Å². The van der Waals surface area contributed by atoms with E-state index in [2.05, 4.69) is 18.2 Å². The van der Waals surface area contributed by atoms with Gasteiger partial charge in [-0.25, -0.2) is 0 Å². The van der Waals surface area contributed by atoms with Gasteiger partial charge in [-0.2, -0.15) is 0 Å². The number of ether oxygens (including phenoxy) is 4. The average molecular weight is 353 g/mol. The van der Waals surface area contributed by atoms with Crippen molar-refractivity contribution in [1.29, 1.82) is 0 Å². The molecule has 0 unspecified atom stereocenters. The summed E-state index contributed by atoms with van der Waals surface area (Å²) in [5.74, 6) is 3.34. The van der Waals surface area contributed by atoms with E-state index in [9.17, 15) is 0 Å². The van der Waals surface area contributed by atoms with Gasteiger partial charge in [-0.05, 0) is 59.4 Å².